The maximum Gasteiger partial charge on any atom is 0.205 e. The highest BCUT2D eigenvalue weighted by Gasteiger charge is 2.29. The lowest BCUT2D eigenvalue weighted by Gasteiger charge is -2.19. The Bertz CT molecular complexity index is 1010. The van der Waals surface area contributed by atoms with Crippen LogP contribution in [0, 0.1) is 4.64 Å². The minimum atomic E-state index is -0.317. The highest BCUT2D eigenvalue weighted by atomic mass is 32.1. The molecule has 0 saturated carbocycles. The Morgan fingerprint density at radius 1 is 0.846 bits per heavy atom. The Morgan fingerprint density at radius 3 is 1.77 bits per heavy atom. The molecule has 0 amide bonds. The van der Waals surface area contributed by atoms with Gasteiger partial charge in [-0.05, 0) is 20.8 Å². The third kappa shape index (κ3) is 3.45. The summed E-state index contributed by atoms with van der Waals surface area (Å²) in [7, 11) is 0. The summed E-state index contributed by atoms with van der Waals surface area (Å²) in [6.07, 6.45) is 0. The highest BCUT2D eigenvalue weighted by Crippen LogP contribution is 2.30. The van der Waals surface area contributed by atoms with Crippen LogP contribution in [0.2, 0.25) is 0 Å². The van der Waals surface area contributed by atoms with Gasteiger partial charge in [0.25, 0.3) is 0 Å². The molecule has 1 heterocycles. The Balaban J connectivity index is 2.22. The molecular formula is C21H19NO2S2. The smallest absolute Gasteiger partial charge is 0.205 e. The summed E-state index contributed by atoms with van der Waals surface area (Å²) < 4.78 is 2.28. The van der Waals surface area contributed by atoms with Crippen molar-refractivity contribution in [3.8, 4) is 0 Å². The molecule has 0 fully saturated rings. The lowest BCUT2D eigenvalue weighted by molar-refractivity contribution is 0.101. The molecule has 1 aromatic heterocycles. The van der Waals surface area contributed by atoms with Crippen LogP contribution in [-0.2, 0) is 5.54 Å². The van der Waals surface area contributed by atoms with Crippen LogP contribution >= 0.6 is 23.8 Å². The summed E-state index contributed by atoms with van der Waals surface area (Å²) in [6.45, 7) is 6.02. The number of ketones is 2. The molecule has 0 radical (unpaired) electrons. The molecule has 0 aliphatic rings. The monoisotopic (exact) mass is 381 g/mol. The molecule has 3 aromatic rings. The summed E-state index contributed by atoms with van der Waals surface area (Å²) in [4.78, 5) is 26.6. The van der Waals surface area contributed by atoms with Crippen molar-refractivity contribution in [2.75, 3.05) is 0 Å². The van der Waals surface area contributed by atoms with E-state index in [4.69, 9.17) is 12.2 Å². The van der Waals surface area contributed by atoms with Gasteiger partial charge in [0.05, 0.1) is 5.56 Å². The van der Waals surface area contributed by atoms with E-state index in [1.807, 2.05) is 49.0 Å². The van der Waals surface area contributed by atoms with Gasteiger partial charge in [-0.1, -0.05) is 84.4 Å². The van der Waals surface area contributed by atoms with Gasteiger partial charge < -0.3 is 0 Å². The molecule has 0 spiro atoms. The predicted octanol–water partition coefficient (Wildman–Crippen LogP) is 5.50. The largest absolute Gasteiger partial charge is 0.288 e. The van der Waals surface area contributed by atoms with E-state index in [-0.39, 0.29) is 17.1 Å². The number of hydrogen-bond acceptors (Lipinski definition) is 4. The van der Waals surface area contributed by atoms with Gasteiger partial charge in [-0.2, -0.15) is 0 Å². The minimum Gasteiger partial charge on any atom is -0.288 e. The number of carbonyl (C=O) groups excluding carboxylic acids is 2. The van der Waals surface area contributed by atoms with E-state index in [2.05, 4.69) is 0 Å². The van der Waals surface area contributed by atoms with Crippen LogP contribution < -0.4 is 0 Å². The maximum atomic E-state index is 13.1. The van der Waals surface area contributed by atoms with Crippen LogP contribution in [0.1, 0.15) is 51.9 Å². The van der Waals surface area contributed by atoms with Crippen molar-refractivity contribution in [3.63, 3.8) is 0 Å². The summed E-state index contributed by atoms with van der Waals surface area (Å²) in [5, 5.41) is 0. The zero-order chi connectivity index (χ0) is 18.9. The second-order valence-corrected chi connectivity index (χ2v) is 8.30. The summed E-state index contributed by atoms with van der Waals surface area (Å²) in [5.41, 5.74) is 1.08. The van der Waals surface area contributed by atoms with Gasteiger partial charge in [-0.3, -0.25) is 13.5 Å². The van der Waals surface area contributed by atoms with E-state index in [9.17, 15) is 9.59 Å². The average Bonchev–Trinajstić information content (AvgIpc) is 2.99. The van der Waals surface area contributed by atoms with Crippen molar-refractivity contribution in [2.45, 2.75) is 26.3 Å². The number of benzene rings is 2. The highest BCUT2D eigenvalue weighted by molar-refractivity contribution is 7.71. The van der Waals surface area contributed by atoms with Crippen LogP contribution in [0.25, 0.3) is 0 Å². The number of carbonyl (C=O) groups is 2. The average molecular weight is 382 g/mol. The van der Waals surface area contributed by atoms with Crippen molar-refractivity contribution in [1.29, 1.82) is 0 Å². The standard InChI is InChI=1S/C21H19NO2S2/c1-21(2,3)22-20(25)16(17(23)14-10-6-4-7-11-14)19(26-22)18(24)15-12-8-5-9-13-15/h4-13H,1-3H3. The Hall–Kier alpha value is -2.37. The summed E-state index contributed by atoms with van der Waals surface area (Å²) >= 11 is 6.87. The molecule has 0 bridgehead atoms. The molecule has 0 aliphatic heterocycles. The summed E-state index contributed by atoms with van der Waals surface area (Å²) in [6, 6.07) is 17.9. The molecule has 0 aliphatic carbocycles. The van der Waals surface area contributed by atoms with Crippen molar-refractivity contribution < 1.29 is 9.59 Å². The second-order valence-electron chi connectivity index (χ2n) is 6.96. The molecule has 0 unspecified atom stereocenters. The molecular weight excluding hydrogens is 362 g/mol. The fourth-order valence-electron chi connectivity index (χ4n) is 2.63. The van der Waals surface area contributed by atoms with Crippen molar-refractivity contribution in [3.05, 3.63) is 86.9 Å². The third-order valence-electron chi connectivity index (χ3n) is 3.92. The van der Waals surface area contributed by atoms with E-state index in [1.54, 1.807) is 36.4 Å². The van der Waals surface area contributed by atoms with Crippen LogP contribution in [0.3, 0.4) is 0 Å². The van der Waals surface area contributed by atoms with E-state index in [0.29, 0.717) is 26.2 Å². The molecule has 26 heavy (non-hydrogen) atoms. The third-order valence-corrected chi connectivity index (χ3v) is 5.91. The lowest BCUT2D eigenvalue weighted by Crippen LogP contribution is -2.19. The normalized spacial score (nSPS) is 11.3. The topological polar surface area (TPSA) is 39.1 Å². The fourth-order valence-corrected chi connectivity index (χ4v) is 4.39. The molecule has 0 saturated heterocycles. The molecule has 0 N–H and O–H groups in total. The van der Waals surface area contributed by atoms with E-state index >= 15 is 0 Å². The minimum absolute atomic E-state index is 0.177. The number of rotatable bonds is 4. The second kappa shape index (κ2) is 7.09. The zero-order valence-corrected chi connectivity index (χ0v) is 16.5. The maximum absolute atomic E-state index is 13.1. The van der Waals surface area contributed by atoms with E-state index < -0.39 is 0 Å². The first-order valence-corrected chi connectivity index (χ1v) is 9.45. The lowest BCUT2D eigenvalue weighted by atomic mass is 10.0. The van der Waals surface area contributed by atoms with Gasteiger partial charge >= 0.3 is 0 Å². The van der Waals surface area contributed by atoms with Crippen LogP contribution in [0.4, 0.5) is 0 Å². The SMILES string of the molecule is CC(C)(C)n1sc(C(=O)c2ccccc2)c(C(=O)c2ccccc2)c1=S. The quantitative estimate of drug-likeness (QED) is 0.443. The molecule has 0 atom stereocenters. The fraction of sp³-hybridized carbons (Fsp3) is 0.190. The number of aromatic nitrogens is 1. The van der Waals surface area contributed by atoms with Crippen LogP contribution in [0.5, 0.6) is 0 Å². The first-order valence-electron chi connectivity index (χ1n) is 8.27. The van der Waals surface area contributed by atoms with Crippen LogP contribution in [-0.4, -0.2) is 15.5 Å². The Kier molecular flexibility index (Phi) is 5.03. The van der Waals surface area contributed by atoms with Crippen molar-refractivity contribution in [2.24, 2.45) is 0 Å². The zero-order valence-electron chi connectivity index (χ0n) is 14.9. The van der Waals surface area contributed by atoms with Gasteiger partial charge in [-0.15, -0.1) is 0 Å². The first kappa shape index (κ1) is 18.4. The molecule has 3 rings (SSSR count). The summed E-state index contributed by atoms with van der Waals surface area (Å²) in [5.74, 6) is -0.391. The van der Waals surface area contributed by atoms with Gasteiger partial charge in [0.2, 0.25) is 5.78 Å². The molecule has 132 valence electrons. The van der Waals surface area contributed by atoms with Crippen molar-refractivity contribution >= 4 is 35.3 Å². The van der Waals surface area contributed by atoms with Crippen LogP contribution in [0.15, 0.2) is 60.7 Å². The number of hydrogen-bond donors (Lipinski definition) is 0. The molecule has 3 nitrogen and oxygen atoms in total. The van der Waals surface area contributed by atoms with E-state index in [0.717, 1.165) is 0 Å². The van der Waals surface area contributed by atoms with E-state index in [1.165, 1.54) is 11.5 Å². The van der Waals surface area contributed by atoms with Gasteiger partial charge in [0, 0.05) is 16.7 Å². The Morgan fingerprint density at radius 2 is 1.31 bits per heavy atom. The van der Waals surface area contributed by atoms with Crippen molar-refractivity contribution in [1.82, 2.24) is 3.96 Å². The van der Waals surface area contributed by atoms with Gasteiger partial charge in [0.15, 0.2) is 5.78 Å². The van der Waals surface area contributed by atoms with Gasteiger partial charge in [-0.25, -0.2) is 0 Å². The first-order chi connectivity index (χ1) is 12.3. The molecule has 5 heteroatoms. The number of nitrogens with zero attached hydrogens (tertiary/aromatic N) is 1. The molecule has 2 aromatic carbocycles. The predicted molar refractivity (Wildman–Crippen MR) is 108 cm³/mol. The Labute approximate surface area is 162 Å². The van der Waals surface area contributed by atoms with Gasteiger partial charge in [0.1, 0.15) is 9.52 Å².